The van der Waals surface area contributed by atoms with Crippen LogP contribution in [0.3, 0.4) is 0 Å². The summed E-state index contributed by atoms with van der Waals surface area (Å²) in [5.41, 5.74) is 5.97. The first kappa shape index (κ1) is 35.5. The number of primary amides is 1. The number of hydrogen-bond donors (Lipinski definition) is 4. The number of esters is 3. The van der Waals surface area contributed by atoms with E-state index in [1.165, 1.54) is 13.8 Å². The minimum atomic E-state index is -1.48. The smallest absolute Gasteiger partial charge is 0.408 e. The molecule has 44 heavy (non-hydrogen) atoms. The summed E-state index contributed by atoms with van der Waals surface area (Å²) < 4.78 is 26.8. The molecule has 7 atom stereocenters. The Morgan fingerprint density at radius 1 is 0.841 bits per heavy atom. The van der Waals surface area contributed by atoms with Crippen LogP contribution in [-0.2, 0) is 59.1 Å². The number of nitrogens with two attached hydrogens (primary N) is 1. The van der Waals surface area contributed by atoms with Crippen LogP contribution in [0.15, 0.2) is 30.3 Å². The molecule has 0 saturated carbocycles. The van der Waals surface area contributed by atoms with E-state index in [0.29, 0.717) is 0 Å². The molecule has 0 radical (unpaired) electrons. The average Bonchev–Trinajstić information content (AvgIpc) is 2.93. The first-order chi connectivity index (χ1) is 20.7. The van der Waals surface area contributed by atoms with Gasteiger partial charge in [0.1, 0.15) is 18.7 Å². The van der Waals surface area contributed by atoms with Crippen molar-refractivity contribution in [1.29, 1.82) is 0 Å². The molecule has 4 amide bonds. The third-order valence-corrected chi connectivity index (χ3v) is 6.21. The van der Waals surface area contributed by atoms with Gasteiger partial charge in [-0.1, -0.05) is 30.3 Å². The Labute approximate surface area is 253 Å². The van der Waals surface area contributed by atoms with Crippen LogP contribution >= 0.6 is 0 Å². The lowest BCUT2D eigenvalue weighted by atomic mass is 9.97. The van der Waals surface area contributed by atoms with Crippen molar-refractivity contribution in [2.75, 3.05) is 0 Å². The second kappa shape index (κ2) is 16.8. The summed E-state index contributed by atoms with van der Waals surface area (Å²) in [5.74, 6) is -4.80. The summed E-state index contributed by atoms with van der Waals surface area (Å²) in [6, 6.07) is 6.29. The van der Waals surface area contributed by atoms with Gasteiger partial charge < -0.3 is 45.4 Å². The minimum Gasteiger partial charge on any atom is -0.456 e. The Morgan fingerprint density at radius 3 is 1.98 bits per heavy atom. The van der Waals surface area contributed by atoms with Gasteiger partial charge in [-0.05, 0) is 25.8 Å². The van der Waals surface area contributed by atoms with Gasteiger partial charge in [0.05, 0.1) is 6.10 Å². The maximum absolute atomic E-state index is 13.4. The first-order valence-corrected chi connectivity index (χ1v) is 13.7. The van der Waals surface area contributed by atoms with E-state index in [1.807, 2.05) is 0 Å². The molecular formula is C28H38N4O12. The molecule has 0 aliphatic carbocycles. The number of ether oxygens (including phenoxy) is 5. The van der Waals surface area contributed by atoms with Crippen LogP contribution in [-0.4, -0.2) is 84.5 Å². The minimum absolute atomic E-state index is 0.0411. The number of rotatable bonds is 13. The van der Waals surface area contributed by atoms with Gasteiger partial charge in [0, 0.05) is 27.2 Å². The quantitative estimate of drug-likeness (QED) is 0.164. The van der Waals surface area contributed by atoms with Gasteiger partial charge in [-0.15, -0.1) is 0 Å². The summed E-state index contributed by atoms with van der Waals surface area (Å²) in [7, 11) is 0. The molecule has 0 bridgehead atoms. The predicted molar refractivity (Wildman–Crippen MR) is 149 cm³/mol. The number of carbonyl (C=O) groups excluding carboxylic acids is 7. The van der Waals surface area contributed by atoms with E-state index in [-0.39, 0.29) is 19.4 Å². The number of hydrogen-bond acceptors (Lipinski definition) is 12. The lowest BCUT2D eigenvalue weighted by molar-refractivity contribution is -0.248. The second-order valence-electron chi connectivity index (χ2n) is 9.99. The highest BCUT2D eigenvalue weighted by Crippen LogP contribution is 2.28. The number of carbonyl (C=O) groups is 7. The van der Waals surface area contributed by atoms with Gasteiger partial charge in [0.15, 0.2) is 24.5 Å². The molecule has 1 aromatic carbocycles. The van der Waals surface area contributed by atoms with Crippen molar-refractivity contribution in [1.82, 2.24) is 16.0 Å². The molecule has 16 heteroatoms. The SMILES string of the molecule is CC(=O)O[C@@H]1[C@H](OC(C)=O)[C@H](C)O[C@H](NC(=O)[C@@H](CCC(N)=O)NC(=O)[C@@H](C)NC(=O)OCc2ccccc2)[C@H]1OC(C)=O. The Bertz CT molecular complexity index is 1210. The average molecular weight is 623 g/mol. The zero-order chi connectivity index (χ0) is 33.0. The van der Waals surface area contributed by atoms with Crippen LogP contribution in [0.2, 0.25) is 0 Å². The summed E-state index contributed by atoms with van der Waals surface area (Å²) in [6.07, 6.45) is -7.91. The van der Waals surface area contributed by atoms with Crippen LogP contribution in [0.25, 0.3) is 0 Å². The molecule has 1 saturated heterocycles. The topological polar surface area (TPSA) is 228 Å². The van der Waals surface area contributed by atoms with E-state index in [1.54, 1.807) is 30.3 Å². The van der Waals surface area contributed by atoms with E-state index in [2.05, 4.69) is 16.0 Å². The van der Waals surface area contributed by atoms with Crippen molar-refractivity contribution < 1.29 is 57.2 Å². The standard InChI is InChI=1S/C28H38N4O12/c1-14(30-28(39)40-13-19-9-7-6-8-10-19)25(37)31-20(11-12-21(29)36)26(38)32-27-24(44-18(5)35)23(43-17(4)34)22(15(2)41-27)42-16(3)33/h6-10,14-15,20,22-24,27H,11-13H2,1-5H3,(H2,29,36)(H,30,39)(H,31,37)(H,32,38)/t14-,15+,20-,22-,23-,24+,27+/m1/s1. The van der Waals surface area contributed by atoms with Crippen molar-refractivity contribution in [3.05, 3.63) is 35.9 Å². The maximum Gasteiger partial charge on any atom is 0.408 e. The molecule has 0 unspecified atom stereocenters. The summed E-state index contributed by atoms with van der Waals surface area (Å²) in [6.45, 7) is 6.06. The van der Waals surface area contributed by atoms with Gasteiger partial charge in [-0.2, -0.15) is 0 Å². The number of amides is 4. The Hall–Kier alpha value is -4.73. The molecule has 2 rings (SSSR count). The number of alkyl carbamates (subject to hydrolysis) is 1. The third-order valence-electron chi connectivity index (χ3n) is 6.21. The van der Waals surface area contributed by atoms with Crippen LogP contribution in [0, 0.1) is 0 Å². The van der Waals surface area contributed by atoms with Gasteiger partial charge >= 0.3 is 24.0 Å². The second-order valence-corrected chi connectivity index (χ2v) is 9.99. The summed E-state index contributed by atoms with van der Waals surface area (Å²) in [5, 5.41) is 7.27. The molecule has 0 aromatic heterocycles. The maximum atomic E-state index is 13.4. The fraction of sp³-hybridized carbons (Fsp3) is 0.536. The largest absolute Gasteiger partial charge is 0.456 e. The number of benzene rings is 1. The van der Waals surface area contributed by atoms with Gasteiger partial charge in [-0.25, -0.2) is 4.79 Å². The van der Waals surface area contributed by atoms with E-state index in [4.69, 9.17) is 29.4 Å². The van der Waals surface area contributed by atoms with Crippen molar-refractivity contribution in [2.24, 2.45) is 5.73 Å². The lowest BCUT2D eigenvalue weighted by Gasteiger charge is -2.44. The monoisotopic (exact) mass is 622 g/mol. The van der Waals surface area contributed by atoms with Crippen LogP contribution in [0.5, 0.6) is 0 Å². The molecule has 5 N–H and O–H groups in total. The fourth-order valence-electron chi connectivity index (χ4n) is 4.23. The van der Waals surface area contributed by atoms with E-state index in [0.717, 1.165) is 26.3 Å². The van der Waals surface area contributed by atoms with Crippen molar-refractivity contribution in [2.45, 2.75) is 96.8 Å². The molecule has 1 aliphatic rings. The van der Waals surface area contributed by atoms with E-state index >= 15 is 0 Å². The van der Waals surface area contributed by atoms with Crippen molar-refractivity contribution >= 4 is 41.7 Å². The Kier molecular flexibility index (Phi) is 13.5. The van der Waals surface area contributed by atoms with E-state index in [9.17, 15) is 33.6 Å². The molecule has 16 nitrogen and oxygen atoms in total. The third kappa shape index (κ3) is 11.5. The molecule has 1 aliphatic heterocycles. The zero-order valence-corrected chi connectivity index (χ0v) is 25.0. The van der Waals surface area contributed by atoms with Gasteiger partial charge in [0.25, 0.3) is 0 Å². The van der Waals surface area contributed by atoms with Crippen LogP contribution < -0.4 is 21.7 Å². The van der Waals surface area contributed by atoms with Crippen molar-refractivity contribution in [3.8, 4) is 0 Å². The van der Waals surface area contributed by atoms with Crippen LogP contribution in [0.1, 0.15) is 53.0 Å². The lowest BCUT2D eigenvalue weighted by Crippen LogP contribution is -2.66. The molecule has 242 valence electrons. The molecule has 1 fully saturated rings. The summed E-state index contributed by atoms with van der Waals surface area (Å²) in [4.78, 5) is 85.5. The first-order valence-electron chi connectivity index (χ1n) is 13.7. The van der Waals surface area contributed by atoms with E-state index < -0.39 is 84.5 Å². The number of nitrogens with one attached hydrogen (secondary N) is 3. The van der Waals surface area contributed by atoms with Crippen molar-refractivity contribution in [3.63, 3.8) is 0 Å². The Morgan fingerprint density at radius 2 is 1.41 bits per heavy atom. The summed E-state index contributed by atoms with van der Waals surface area (Å²) >= 11 is 0. The highest BCUT2D eigenvalue weighted by molar-refractivity contribution is 5.91. The van der Waals surface area contributed by atoms with Crippen LogP contribution in [0.4, 0.5) is 4.79 Å². The Balaban J connectivity index is 2.18. The fourth-order valence-corrected chi connectivity index (χ4v) is 4.23. The highest BCUT2D eigenvalue weighted by Gasteiger charge is 2.51. The molecule has 0 spiro atoms. The van der Waals surface area contributed by atoms with Gasteiger partial charge in [0.2, 0.25) is 17.7 Å². The normalized spacial score (nSPS) is 22.2. The molecular weight excluding hydrogens is 584 g/mol. The predicted octanol–water partition coefficient (Wildman–Crippen LogP) is -0.292. The molecule has 1 aromatic rings. The highest BCUT2D eigenvalue weighted by atomic mass is 16.7. The zero-order valence-electron chi connectivity index (χ0n) is 25.0. The molecule has 1 heterocycles. The van der Waals surface area contributed by atoms with Gasteiger partial charge in [-0.3, -0.25) is 28.8 Å².